The minimum atomic E-state index is 1.19. The Morgan fingerprint density at radius 1 is 1.17 bits per heavy atom. The zero-order valence-electron chi connectivity index (χ0n) is 12.7. The van der Waals surface area contributed by atoms with Crippen LogP contribution in [0.2, 0.25) is 0 Å². The molecule has 0 aromatic carbocycles. The van der Waals surface area contributed by atoms with Crippen LogP contribution in [0, 0.1) is 0 Å². The SMILES string of the molecule is C=C1CCCC/C1=C(/C)CCCN(CC)CCC. The maximum absolute atomic E-state index is 4.24. The molecule has 0 unspecified atom stereocenters. The fourth-order valence-corrected chi connectivity index (χ4v) is 2.95. The van der Waals surface area contributed by atoms with E-state index in [0.29, 0.717) is 0 Å². The Labute approximate surface area is 114 Å². The fourth-order valence-electron chi connectivity index (χ4n) is 2.95. The van der Waals surface area contributed by atoms with Crippen LogP contribution in [0.25, 0.3) is 0 Å². The van der Waals surface area contributed by atoms with Gasteiger partial charge in [0.25, 0.3) is 0 Å². The van der Waals surface area contributed by atoms with Crippen molar-refractivity contribution in [2.24, 2.45) is 0 Å². The highest BCUT2D eigenvalue weighted by Crippen LogP contribution is 2.31. The predicted molar refractivity (Wildman–Crippen MR) is 81.9 cm³/mol. The Bertz CT molecular complexity index is 288. The summed E-state index contributed by atoms with van der Waals surface area (Å²) in [5.41, 5.74) is 4.62. The van der Waals surface area contributed by atoms with Gasteiger partial charge in [-0.15, -0.1) is 0 Å². The summed E-state index contributed by atoms with van der Waals surface area (Å²) < 4.78 is 0. The van der Waals surface area contributed by atoms with E-state index in [1.165, 1.54) is 70.2 Å². The molecule has 0 radical (unpaired) electrons. The third-order valence-electron chi connectivity index (χ3n) is 4.11. The molecule has 1 heteroatoms. The van der Waals surface area contributed by atoms with Crippen LogP contribution in [0.3, 0.4) is 0 Å². The van der Waals surface area contributed by atoms with Gasteiger partial charge in [-0.1, -0.05) is 31.6 Å². The molecule has 18 heavy (non-hydrogen) atoms. The average Bonchev–Trinajstić information content (AvgIpc) is 2.38. The van der Waals surface area contributed by atoms with E-state index in [-0.39, 0.29) is 0 Å². The maximum Gasteiger partial charge on any atom is -0.00158 e. The van der Waals surface area contributed by atoms with Crippen molar-refractivity contribution in [1.82, 2.24) is 4.90 Å². The minimum absolute atomic E-state index is 1.19. The number of rotatable bonds is 7. The van der Waals surface area contributed by atoms with Crippen LogP contribution in [-0.2, 0) is 0 Å². The summed E-state index contributed by atoms with van der Waals surface area (Å²) >= 11 is 0. The Morgan fingerprint density at radius 2 is 1.89 bits per heavy atom. The lowest BCUT2D eigenvalue weighted by atomic mass is 9.86. The Balaban J connectivity index is 2.37. The third kappa shape index (κ3) is 4.97. The summed E-state index contributed by atoms with van der Waals surface area (Å²) in [6.07, 6.45) is 9.04. The van der Waals surface area contributed by atoms with E-state index in [9.17, 15) is 0 Å². The summed E-state index contributed by atoms with van der Waals surface area (Å²) in [6.45, 7) is 14.8. The van der Waals surface area contributed by atoms with Crippen LogP contribution in [0.1, 0.15) is 65.7 Å². The lowest BCUT2D eigenvalue weighted by molar-refractivity contribution is 0.285. The number of nitrogens with zero attached hydrogens (tertiary/aromatic N) is 1. The van der Waals surface area contributed by atoms with Crippen molar-refractivity contribution in [1.29, 1.82) is 0 Å². The molecule has 0 atom stereocenters. The summed E-state index contributed by atoms with van der Waals surface area (Å²) in [7, 11) is 0. The highest BCUT2D eigenvalue weighted by molar-refractivity contribution is 5.34. The van der Waals surface area contributed by atoms with Gasteiger partial charge in [-0.05, 0) is 77.1 Å². The first kappa shape index (κ1) is 15.5. The van der Waals surface area contributed by atoms with E-state index >= 15 is 0 Å². The second-order valence-electron chi connectivity index (χ2n) is 5.61. The van der Waals surface area contributed by atoms with Crippen molar-refractivity contribution in [2.45, 2.75) is 65.7 Å². The molecule has 0 aromatic heterocycles. The van der Waals surface area contributed by atoms with Gasteiger partial charge in [-0.2, -0.15) is 0 Å². The third-order valence-corrected chi connectivity index (χ3v) is 4.11. The maximum atomic E-state index is 4.24. The molecule has 1 aliphatic carbocycles. The Kier molecular flexibility index (Phi) is 7.34. The molecule has 1 nitrogen and oxygen atoms in total. The topological polar surface area (TPSA) is 3.24 Å². The van der Waals surface area contributed by atoms with Crippen molar-refractivity contribution in [3.63, 3.8) is 0 Å². The predicted octanol–water partition coefficient (Wildman–Crippen LogP) is 4.95. The molecule has 1 saturated carbocycles. The van der Waals surface area contributed by atoms with Gasteiger partial charge in [0.1, 0.15) is 0 Å². The van der Waals surface area contributed by atoms with Crippen LogP contribution < -0.4 is 0 Å². The molecular weight excluding hydrogens is 218 g/mol. The highest BCUT2D eigenvalue weighted by atomic mass is 15.1. The highest BCUT2D eigenvalue weighted by Gasteiger charge is 2.12. The van der Waals surface area contributed by atoms with Gasteiger partial charge in [-0.3, -0.25) is 0 Å². The molecule has 0 N–H and O–H groups in total. The average molecular weight is 249 g/mol. The zero-order valence-corrected chi connectivity index (χ0v) is 12.7. The number of hydrogen-bond donors (Lipinski definition) is 0. The Hall–Kier alpha value is -0.560. The monoisotopic (exact) mass is 249 g/mol. The molecule has 1 rings (SSSR count). The first-order chi connectivity index (χ1) is 8.69. The standard InChI is InChI=1S/C17H31N/c1-5-13-18(6-2)14-9-11-16(4)17-12-8-7-10-15(17)3/h3,5-14H2,1-2,4H3/b17-16+. The van der Waals surface area contributed by atoms with E-state index in [2.05, 4.69) is 32.3 Å². The smallest absolute Gasteiger partial charge is 0.00158 e. The van der Waals surface area contributed by atoms with E-state index in [1.54, 1.807) is 11.1 Å². The summed E-state index contributed by atoms with van der Waals surface area (Å²) in [4.78, 5) is 2.56. The van der Waals surface area contributed by atoms with Crippen molar-refractivity contribution >= 4 is 0 Å². The second kappa shape index (κ2) is 8.53. The first-order valence-corrected chi connectivity index (χ1v) is 7.78. The molecule has 1 fully saturated rings. The molecular formula is C17H31N. The molecule has 0 heterocycles. The summed E-state index contributed by atoms with van der Waals surface area (Å²) in [5, 5.41) is 0. The summed E-state index contributed by atoms with van der Waals surface area (Å²) in [6, 6.07) is 0. The van der Waals surface area contributed by atoms with Crippen LogP contribution in [0.5, 0.6) is 0 Å². The van der Waals surface area contributed by atoms with Crippen molar-refractivity contribution in [3.05, 3.63) is 23.3 Å². The molecule has 0 aliphatic heterocycles. The van der Waals surface area contributed by atoms with Gasteiger partial charge in [0.2, 0.25) is 0 Å². The van der Waals surface area contributed by atoms with Crippen molar-refractivity contribution in [3.8, 4) is 0 Å². The number of hydrogen-bond acceptors (Lipinski definition) is 1. The molecule has 0 amide bonds. The molecule has 0 saturated heterocycles. The Morgan fingerprint density at radius 3 is 2.50 bits per heavy atom. The normalized spacial score (nSPS) is 19.4. The van der Waals surface area contributed by atoms with E-state index in [0.717, 1.165) is 0 Å². The van der Waals surface area contributed by atoms with Crippen LogP contribution in [-0.4, -0.2) is 24.5 Å². The van der Waals surface area contributed by atoms with E-state index < -0.39 is 0 Å². The lowest BCUT2D eigenvalue weighted by Crippen LogP contribution is -2.25. The van der Waals surface area contributed by atoms with Gasteiger partial charge in [0.05, 0.1) is 0 Å². The number of allylic oxidation sites excluding steroid dienone is 3. The van der Waals surface area contributed by atoms with Crippen molar-refractivity contribution in [2.75, 3.05) is 19.6 Å². The lowest BCUT2D eigenvalue weighted by Gasteiger charge is -2.22. The molecule has 0 spiro atoms. The van der Waals surface area contributed by atoms with Crippen LogP contribution in [0.15, 0.2) is 23.3 Å². The van der Waals surface area contributed by atoms with Gasteiger partial charge < -0.3 is 4.90 Å². The molecule has 104 valence electrons. The minimum Gasteiger partial charge on any atom is -0.304 e. The summed E-state index contributed by atoms with van der Waals surface area (Å²) in [5.74, 6) is 0. The molecule has 0 bridgehead atoms. The van der Waals surface area contributed by atoms with Gasteiger partial charge in [0.15, 0.2) is 0 Å². The second-order valence-corrected chi connectivity index (χ2v) is 5.61. The fraction of sp³-hybridized carbons (Fsp3) is 0.765. The van der Waals surface area contributed by atoms with E-state index in [1.807, 2.05) is 0 Å². The van der Waals surface area contributed by atoms with Gasteiger partial charge in [-0.25, -0.2) is 0 Å². The van der Waals surface area contributed by atoms with Crippen LogP contribution >= 0.6 is 0 Å². The van der Waals surface area contributed by atoms with E-state index in [4.69, 9.17) is 0 Å². The zero-order chi connectivity index (χ0) is 13.4. The van der Waals surface area contributed by atoms with Crippen LogP contribution in [0.4, 0.5) is 0 Å². The van der Waals surface area contributed by atoms with Gasteiger partial charge >= 0.3 is 0 Å². The quantitative estimate of drug-likeness (QED) is 0.617. The molecule has 0 aromatic rings. The van der Waals surface area contributed by atoms with Crippen molar-refractivity contribution < 1.29 is 0 Å². The largest absolute Gasteiger partial charge is 0.304 e. The molecule has 1 aliphatic rings. The first-order valence-electron chi connectivity index (χ1n) is 7.78. The van der Waals surface area contributed by atoms with Gasteiger partial charge in [0, 0.05) is 0 Å².